The molecule has 0 unspecified atom stereocenters. The number of rotatable bonds is 6. The lowest BCUT2D eigenvalue weighted by Gasteiger charge is -2.17. The molecule has 1 saturated heterocycles. The van der Waals surface area contributed by atoms with E-state index in [4.69, 9.17) is 17.3 Å². The molecule has 0 aromatic heterocycles. The fraction of sp³-hybridized carbons (Fsp3) is 0.174. The molecular formula is C23H19N3O5S2. The summed E-state index contributed by atoms with van der Waals surface area (Å²) in [5, 5.41) is 11.7. The van der Waals surface area contributed by atoms with E-state index >= 15 is 0 Å². The van der Waals surface area contributed by atoms with Crippen molar-refractivity contribution in [2.24, 2.45) is 0 Å². The molecule has 2 aliphatic rings. The number of para-hydroxylation sites is 1. The number of aliphatic carboxylic acids is 1. The zero-order chi connectivity index (χ0) is 23.7. The van der Waals surface area contributed by atoms with Crippen LogP contribution in [0, 0.1) is 6.92 Å². The summed E-state index contributed by atoms with van der Waals surface area (Å²) >= 11 is 6.22. The Hall–Kier alpha value is -3.50. The van der Waals surface area contributed by atoms with E-state index in [1.165, 1.54) is 9.80 Å². The largest absolute Gasteiger partial charge is 0.481 e. The van der Waals surface area contributed by atoms with Crippen LogP contribution in [0.3, 0.4) is 0 Å². The summed E-state index contributed by atoms with van der Waals surface area (Å²) in [6.07, 6.45) is -0.259. The smallest absolute Gasteiger partial charge is 0.305 e. The lowest BCUT2D eigenvalue weighted by molar-refractivity contribution is -0.137. The first-order valence-electron chi connectivity index (χ1n) is 10.0. The summed E-state index contributed by atoms with van der Waals surface area (Å²) in [5.74, 6) is -2.41. The normalized spacial score (nSPS) is 17.5. The van der Waals surface area contributed by atoms with Crippen molar-refractivity contribution in [3.8, 4) is 0 Å². The molecule has 0 aliphatic carbocycles. The Morgan fingerprint density at radius 1 is 1.03 bits per heavy atom. The molecule has 2 aliphatic heterocycles. The number of hydrogen-bond acceptors (Lipinski definition) is 6. The van der Waals surface area contributed by atoms with Crippen LogP contribution >= 0.6 is 24.0 Å². The van der Waals surface area contributed by atoms with Crippen molar-refractivity contribution < 1.29 is 24.3 Å². The summed E-state index contributed by atoms with van der Waals surface area (Å²) in [7, 11) is 0. The maximum atomic E-state index is 13.4. The van der Waals surface area contributed by atoms with Gasteiger partial charge in [-0.05, 0) is 25.1 Å². The van der Waals surface area contributed by atoms with Crippen molar-refractivity contribution >= 4 is 68.9 Å². The average molecular weight is 482 g/mol. The van der Waals surface area contributed by atoms with Crippen molar-refractivity contribution in [3.05, 3.63) is 64.6 Å². The number of carbonyl (C=O) groups excluding carboxylic acids is 3. The average Bonchev–Trinajstić information content (AvgIpc) is 3.20. The van der Waals surface area contributed by atoms with Gasteiger partial charge in [0.05, 0.1) is 22.6 Å². The number of carboxylic acids is 1. The van der Waals surface area contributed by atoms with E-state index in [9.17, 15) is 19.2 Å². The Balaban J connectivity index is 1.61. The predicted octanol–water partition coefficient (Wildman–Crippen LogP) is 3.03. The second-order valence-corrected chi connectivity index (χ2v) is 9.14. The van der Waals surface area contributed by atoms with Crippen LogP contribution in [0.15, 0.2) is 53.4 Å². The Morgan fingerprint density at radius 3 is 2.42 bits per heavy atom. The minimum Gasteiger partial charge on any atom is -0.481 e. The molecule has 2 aromatic carbocycles. The number of nitrogens with one attached hydrogen (secondary N) is 1. The van der Waals surface area contributed by atoms with Crippen LogP contribution in [0.4, 0.5) is 11.4 Å². The first-order chi connectivity index (χ1) is 15.8. The zero-order valence-electron chi connectivity index (χ0n) is 17.5. The minimum absolute atomic E-state index is 0.0741. The molecule has 0 saturated carbocycles. The molecule has 2 aromatic rings. The first kappa shape index (κ1) is 22.7. The van der Waals surface area contributed by atoms with Crippen molar-refractivity contribution in [3.63, 3.8) is 0 Å². The predicted molar refractivity (Wildman–Crippen MR) is 130 cm³/mol. The second-order valence-electron chi connectivity index (χ2n) is 7.50. The number of aryl methyl sites for hydroxylation is 1. The number of thiocarbonyl (C=S) groups is 1. The maximum absolute atomic E-state index is 13.4. The van der Waals surface area contributed by atoms with Gasteiger partial charge in [0.1, 0.15) is 10.9 Å². The number of nitrogens with zero attached hydrogens (tertiary/aromatic N) is 2. The molecule has 3 amide bonds. The number of carboxylic acid groups (broad SMARTS) is 1. The lowest BCUT2D eigenvalue weighted by Crippen LogP contribution is -2.35. The summed E-state index contributed by atoms with van der Waals surface area (Å²) < 4.78 is 0.199. The molecule has 2 heterocycles. The topological polar surface area (TPSA) is 107 Å². The number of amides is 3. The Morgan fingerprint density at radius 2 is 1.73 bits per heavy atom. The molecule has 0 atom stereocenters. The number of thioether (sulfide) groups is 1. The van der Waals surface area contributed by atoms with Gasteiger partial charge in [-0.2, -0.15) is 0 Å². The molecule has 0 spiro atoms. The number of fused-ring (bicyclic) bond motifs is 1. The van der Waals surface area contributed by atoms with Crippen molar-refractivity contribution in [2.75, 3.05) is 23.3 Å². The van der Waals surface area contributed by atoms with Gasteiger partial charge in [-0.25, -0.2) is 0 Å². The van der Waals surface area contributed by atoms with Gasteiger partial charge in [-0.15, -0.1) is 0 Å². The number of hydrogen-bond donors (Lipinski definition) is 2. The summed E-state index contributed by atoms with van der Waals surface area (Å²) in [6, 6.07) is 14.2. The minimum atomic E-state index is -1.05. The Kier molecular flexibility index (Phi) is 6.30. The van der Waals surface area contributed by atoms with Gasteiger partial charge in [0.15, 0.2) is 0 Å². The standard InChI is InChI=1S/C23H19N3O5S2/c1-13-6-8-14(9-7-13)24-17(27)12-26-16-5-3-2-4-15(16)19(21(26)30)20-22(31)25(23(32)33-20)11-10-18(28)29/h2-9H,10-12H2,1H3,(H,24,27)(H,28,29)/b20-19+. The van der Waals surface area contributed by atoms with Crippen LogP contribution in [-0.4, -0.2) is 51.1 Å². The third-order valence-corrected chi connectivity index (χ3v) is 6.63. The van der Waals surface area contributed by atoms with Gasteiger partial charge in [-0.3, -0.25) is 29.0 Å². The van der Waals surface area contributed by atoms with Crippen LogP contribution in [-0.2, 0) is 19.2 Å². The molecule has 10 heteroatoms. The summed E-state index contributed by atoms with van der Waals surface area (Å²) in [5.41, 5.74) is 2.90. The number of carbonyl (C=O) groups is 4. The van der Waals surface area contributed by atoms with E-state index in [0.29, 0.717) is 16.9 Å². The number of benzene rings is 2. The van der Waals surface area contributed by atoms with Gasteiger partial charge in [0.2, 0.25) is 5.91 Å². The van der Waals surface area contributed by atoms with Crippen LogP contribution < -0.4 is 10.2 Å². The van der Waals surface area contributed by atoms with E-state index in [-0.39, 0.29) is 40.2 Å². The van der Waals surface area contributed by atoms with Crippen LogP contribution in [0.25, 0.3) is 5.57 Å². The highest BCUT2D eigenvalue weighted by molar-refractivity contribution is 8.26. The molecule has 2 N–H and O–H groups in total. The number of anilines is 2. The van der Waals surface area contributed by atoms with Crippen molar-refractivity contribution in [1.82, 2.24) is 4.90 Å². The Bertz CT molecular complexity index is 1220. The zero-order valence-corrected chi connectivity index (χ0v) is 19.2. The van der Waals surface area contributed by atoms with E-state index in [1.54, 1.807) is 36.4 Å². The fourth-order valence-electron chi connectivity index (χ4n) is 3.59. The third kappa shape index (κ3) is 4.53. The highest BCUT2D eigenvalue weighted by Gasteiger charge is 2.42. The maximum Gasteiger partial charge on any atom is 0.305 e. The van der Waals surface area contributed by atoms with Crippen LogP contribution in [0.5, 0.6) is 0 Å². The third-order valence-electron chi connectivity index (χ3n) is 5.19. The van der Waals surface area contributed by atoms with Crippen LogP contribution in [0.2, 0.25) is 0 Å². The monoisotopic (exact) mass is 481 g/mol. The molecule has 4 rings (SSSR count). The molecule has 8 nitrogen and oxygen atoms in total. The molecular weight excluding hydrogens is 462 g/mol. The molecule has 0 bridgehead atoms. The summed E-state index contributed by atoms with van der Waals surface area (Å²) in [4.78, 5) is 52.6. The highest BCUT2D eigenvalue weighted by Crippen LogP contribution is 2.44. The van der Waals surface area contributed by atoms with Gasteiger partial charge in [0.25, 0.3) is 11.8 Å². The van der Waals surface area contributed by atoms with Gasteiger partial charge < -0.3 is 10.4 Å². The van der Waals surface area contributed by atoms with Crippen LogP contribution in [0.1, 0.15) is 17.5 Å². The SMILES string of the molecule is Cc1ccc(NC(=O)CN2C(=O)/C(=C3/SC(=S)N(CCC(=O)O)C3=O)c3ccccc32)cc1. The van der Waals surface area contributed by atoms with Gasteiger partial charge in [-0.1, -0.05) is 59.9 Å². The fourth-order valence-corrected chi connectivity index (χ4v) is 4.97. The first-order valence-corrected chi connectivity index (χ1v) is 11.3. The molecule has 168 valence electrons. The van der Waals surface area contributed by atoms with E-state index in [1.807, 2.05) is 19.1 Å². The van der Waals surface area contributed by atoms with E-state index < -0.39 is 17.8 Å². The van der Waals surface area contributed by atoms with Gasteiger partial charge >= 0.3 is 5.97 Å². The quantitative estimate of drug-likeness (QED) is 0.482. The van der Waals surface area contributed by atoms with Crippen molar-refractivity contribution in [2.45, 2.75) is 13.3 Å². The summed E-state index contributed by atoms with van der Waals surface area (Å²) in [6.45, 7) is 1.64. The second kappa shape index (κ2) is 9.16. The van der Waals surface area contributed by atoms with Crippen molar-refractivity contribution in [1.29, 1.82) is 0 Å². The Labute approximate surface area is 199 Å². The lowest BCUT2D eigenvalue weighted by atomic mass is 10.1. The molecule has 33 heavy (non-hydrogen) atoms. The molecule has 0 radical (unpaired) electrons. The highest BCUT2D eigenvalue weighted by atomic mass is 32.2. The van der Waals surface area contributed by atoms with E-state index in [0.717, 1.165) is 17.3 Å². The molecule has 1 fully saturated rings. The van der Waals surface area contributed by atoms with Gasteiger partial charge in [0, 0.05) is 17.8 Å². The van der Waals surface area contributed by atoms with E-state index in [2.05, 4.69) is 5.32 Å².